The van der Waals surface area contributed by atoms with Crippen molar-refractivity contribution in [3.8, 4) is 0 Å². The molecule has 2 aromatic rings. The molecule has 11 heteroatoms. The topological polar surface area (TPSA) is 105 Å². The molecule has 0 radical (unpaired) electrons. The molecule has 0 fully saturated rings. The Morgan fingerprint density at radius 2 is 1.67 bits per heavy atom. The van der Waals surface area contributed by atoms with E-state index in [1.807, 2.05) is 12.1 Å². The van der Waals surface area contributed by atoms with Gasteiger partial charge in [-0.2, -0.15) is 8.91 Å². The van der Waals surface area contributed by atoms with Crippen molar-refractivity contribution in [3.63, 3.8) is 0 Å². The second-order valence-electron chi connectivity index (χ2n) is 13.5. The van der Waals surface area contributed by atoms with Gasteiger partial charge in [-0.05, 0) is 74.8 Å². The van der Waals surface area contributed by atoms with Crippen LogP contribution in [0.4, 0.5) is 11.4 Å². The highest BCUT2D eigenvalue weighted by Crippen LogP contribution is 2.48. The highest BCUT2D eigenvalue weighted by molar-refractivity contribution is 7.94. The molecule has 48 heavy (non-hydrogen) atoms. The van der Waals surface area contributed by atoms with E-state index in [2.05, 4.69) is 107 Å². The molecule has 8 nitrogen and oxygen atoms in total. The first kappa shape index (κ1) is 36.6. The quantitative estimate of drug-likeness (QED) is 0.0468. The molecule has 0 amide bonds. The van der Waals surface area contributed by atoms with Gasteiger partial charge in [0.05, 0.1) is 15.5 Å². The molecule has 0 aromatic heterocycles. The molecule has 5 rings (SSSR count). The van der Waals surface area contributed by atoms with Gasteiger partial charge in [-0.15, -0.1) is 0 Å². The molecule has 0 spiro atoms. The number of fused-ring (bicyclic) bond motifs is 2. The maximum atomic E-state index is 11.2. The molecule has 0 saturated heterocycles. The van der Waals surface area contributed by atoms with Gasteiger partial charge in [0.2, 0.25) is 5.69 Å². The summed E-state index contributed by atoms with van der Waals surface area (Å²) < 4.78 is 40.2. The minimum Gasteiger partial charge on any atom is -0.748 e. The van der Waals surface area contributed by atoms with Crippen LogP contribution in [0.2, 0.25) is 0 Å². The third-order valence-corrected chi connectivity index (χ3v) is 11.6. The summed E-state index contributed by atoms with van der Waals surface area (Å²) in [5, 5.41) is 14.3. The fraction of sp³-hybridized carbons (Fsp3) is 0.432. The fourth-order valence-corrected chi connectivity index (χ4v) is 8.47. The summed E-state index contributed by atoms with van der Waals surface area (Å²) in [7, 11) is -4.23. The van der Waals surface area contributed by atoms with E-state index in [4.69, 9.17) is 11.6 Å². The lowest BCUT2D eigenvalue weighted by Gasteiger charge is -2.27. The van der Waals surface area contributed by atoms with Gasteiger partial charge in [-0.25, -0.2) is 8.42 Å². The van der Waals surface area contributed by atoms with E-state index in [9.17, 15) is 18.2 Å². The second-order valence-corrected chi connectivity index (χ2v) is 16.2. The van der Waals surface area contributed by atoms with Crippen LogP contribution in [-0.2, 0) is 30.3 Å². The maximum Gasteiger partial charge on any atom is 0.209 e. The first-order valence-electron chi connectivity index (χ1n) is 16.5. The van der Waals surface area contributed by atoms with Crippen LogP contribution in [-0.4, -0.2) is 47.9 Å². The minimum absolute atomic E-state index is 0.180. The summed E-state index contributed by atoms with van der Waals surface area (Å²) in [6, 6.07) is 16.8. The van der Waals surface area contributed by atoms with Crippen LogP contribution in [0.15, 0.2) is 94.7 Å². The van der Waals surface area contributed by atoms with E-state index in [0.717, 1.165) is 71.8 Å². The summed E-state index contributed by atoms with van der Waals surface area (Å²) >= 11 is 8.08. The van der Waals surface area contributed by atoms with E-state index in [1.165, 1.54) is 22.5 Å². The van der Waals surface area contributed by atoms with E-state index in [1.54, 1.807) is 0 Å². The molecule has 0 bridgehead atoms. The Bertz CT molecular complexity index is 1770. The number of benzene rings is 2. The Balaban J connectivity index is 1.38. The Morgan fingerprint density at radius 3 is 2.42 bits per heavy atom. The van der Waals surface area contributed by atoms with Crippen molar-refractivity contribution in [1.29, 1.82) is 0 Å². The fourth-order valence-electron chi connectivity index (χ4n) is 7.16. The smallest absolute Gasteiger partial charge is 0.209 e. The van der Waals surface area contributed by atoms with Gasteiger partial charge in [-0.3, -0.25) is 5.04 Å². The van der Waals surface area contributed by atoms with Crippen LogP contribution in [0.1, 0.15) is 77.3 Å². The second kappa shape index (κ2) is 15.5. The molecule has 0 unspecified atom stereocenters. The molecule has 0 N–H and O–H groups in total. The molecule has 3 aliphatic rings. The maximum absolute atomic E-state index is 11.2. The van der Waals surface area contributed by atoms with Gasteiger partial charge < -0.3 is 14.7 Å². The Morgan fingerprint density at radius 1 is 0.938 bits per heavy atom. The number of halogens is 1. The molecule has 0 saturated carbocycles. The van der Waals surface area contributed by atoms with Gasteiger partial charge >= 0.3 is 0 Å². The first-order valence-corrected chi connectivity index (χ1v) is 19.3. The Kier molecular flexibility index (Phi) is 11.8. The predicted molar refractivity (Wildman–Crippen MR) is 191 cm³/mol. The number of anilines is 1. The van der Waals surface area contributed by atoms with Gasteiger partial charge in [0.25, 0.3) is 0 Å². The average Bonchev–Trinajstić information content (AvgIpc) is 3.58. The van der Waals surface area contributed by atoms with Crippen LogP contribution in [0.5, 0.6) is 0 Å². The van der Waals surface area contributed by atoms with Gasteiger partial charge in [0.15, 0.2) is 5.71 Å². The SMILES string of the molecule is CC1(C)C(/C=C/C2=C(Cl)C(=C/C=C3/N(CCCCSOO[O-])c4ccccc4C3(C)C)/CC2)=[N+](CCCCS(=O)(=O)[O-])c2ccccc21. The zero-order chi connectivity index (χ0) is 34.5. The van der Waals surface area contributed by atoms with Crippen molar-refractivity contribution in [1.82, 2.24) is 0 Å². The van der Waals surface area contributed by atoms with Crippen LogP contribution >= 0.6 is 23.6 Å². The van der Waals surface area contributed by atoms with E-state index < -0.39 is 10.1 Å². The summed E-state index contributed by atoms with van der Waals surface area (Å²) in [4.78, 5) is 2.40. The first-order chi connectivity index (χ1) is 22.9. The van der Waals surface area contributed by atoms with Crippen molar-refractivity contribution in [2.75, 3.05) is 29.5 Å². The number of para-hydroxylation sites is 2. The van der Waals surface area contributed by atoms with Crippen LogP contribution < -0.4 is 10.2 Å². The third kappa shape index (κ3) is 8.02. The number of unbranched alkanes of at least 4 members (excludes halogenated alkanes) is 2. The summed E-state index contributed by atoms with van der Waals surface area (Å²) in [6.07, 6.45) is 13.1. The van der Waals surface area contributed by atoms with E-state index >= 15 is 0 Å². The third-order valence-electron chi connectivity index (χ3n) is 9.67. The zero-order valence-electron chi connectivity index (χ0n) is 28.0. The highest BCUT2D eigenvalue weighted by atomic mass is 35.5. The molecule has 2 aromatic carbocycles. The number of nitrogens with zero attached hydrogens (tertiary/aromatic N) is 2. The van der Waals surface area contributed by atoms with Gasteiger partial charge in [0.1, 0.15) is 6.54 Å². The lowest BCUT2D eigenvalue weighted by atomic mass is 9.81. The summed E-state index contributed by atoms with van der Waals surface area (Å²) in [6.45, 7) is 10.4. The predicted octanol–water partition coefficient (Wildman–Crippen LogP) is 7.49. The molecular weight excluding hydrogens is 668 g/mol. The van der Waals surface area contributed by atoms with Crippen LogP contribution in [0.25, 0.3) is 0 Å². The van der Waals surface area contributed by atoms with Crippen molar-refractivity contribution < 1.29 is 32.2 Å². The molecule has 2 heterocycles. The van der Waals surface area contributed by atoms with E-state index in [0.29, 0.717) is 25.1 Å². The van der Waals surface area contributed by atoms with Crippen LogP contribution in [0, 0.1) is 0 Å². The molecule has 0 atom stereocenters. The monoisotopic (exact) mass is 711 g/mol. The van der Waals surface area contributed by atoms with Gasteiger partial charge in [0, 0.05) is 76.1 Å². The van der Waals surface area contributed by atoms with Crippen molar-refractivity contribution in [2.45, 2.75) is 77.0 Å². The Hall–Kier alpha value is -2.70. The molecule has 258 valence electrons. The number of rotatable bonds is 15. The van der Waals surface area contributed by atoms with Crippen molar-refractivity contribution >= 4 is 50.8 Å². The molecular formula is C37H44ClN2O6S2-. The minimum atomic E-state index is -4.23. The molecule has 2 aliphatic heterocycles. The van der Waals surface area contributed by atoms with Crippen molar-refractivity contribution in [2.24, 2.45) is 0 Å². The zero-order valence-corrected chi connectivity index (χ0v) is 30.4. The molecule has 1 aliphatic carbocycles. The highest BCUT2D eigenvalue weighted by Gasteiger charge is 2.44. The van der Waals surface area contributed by atoms with Gasteiger partial charge in [-0.1, -0.05) is 74.0 Å². The largest absolute Gasteiger partial charge is 0.748 e. The standard InChI is InChI=1S/C37H45ClN2O6S2/c1-36(2)29-13-5-7-15-31(29)39(23-9-11-25-47-46-45-41)33(36)21-19-27-17-18-28(35(27)38)20-22-34-37(3,4)30-14-6-8-16-32(30)40(34)24-10-12-26-48(42,43)44/h5-8,13-16,19-22H,9-12,17-18,23-26H2,1-4H3,(H-,41,42,43,44)/p-1. The lowest BCUT2D eigenvalue weighted by Crippen LogP contribution is -2.28. The Labute approximate surface area is 294 Å². The summed E-state index contributed by atoms with van der Waals surface area (Å²) in [5.41, 5.74) is 8.94. The normalized spacial score (nSPS) is 20.2. The average molecular weight is 712 g/mol. The van der Waals surface area contributed by atoms with Crippen LogP contribution in [0.3, 0.4) is 0 Å². The lowest BCUT2D eigenvalue weighted by molar-refractivity contribution is -0.777. The number of allylic oxidation sites excluding steroid dienone is 8. The summed E-state index contributed by atoms with van der Waals surface area (Å²) in [5.74, 6) is 0.326. The number of hydrogen-bond donors (Lipinski definition) is 0. The van der Waals surface area contributed by atoms with Crippen molar-refractivity contribution in [3.05, 3.63) is 106 Å². The number of hydrogen-bond acceptors (Lipinski definition) is 8. The van der Waals surface area contributed by atoms with E-state index in [-0.39, 0.29) is 16.6 Å².